The SMILES string of the molecule is CCC1(C)c2ccc(C)cc2N(C)C12C=Nc1c(ccc3ccncc13)O2. The Bertz CT molecular complexity index is 1110. The summed E-state index contributed by atoms with van der Waals surface area (Å²) in [4.78, 5) is 11.4. The molecule has 136 valence electrons. The maximum Gasteiger partial charge on any atom is 0.228 e. The van der Waals surface area contributed by atoms with Crippen LogP contribution in [-0.2, 0) is 5.41 Å². The molecule has 3 aromatic rings. The van der Waals surface area contributed by atoms with Crippen LogP contribution in [0.15, 0.2) is 53.8 Å². The first-order chi connectivity index (χ1) is 13.0. The lowest BCUT2D eigenvalue weighted by Gasteiger charge is -2.46. The van der Waals surface area contributed by atoms with Crippen LogP contribution in [0.25, 0.3) is 10.8 Å². The van der Waals surface area contributed by atoms with Crippen molar-refractivity contribution in [3.8, 4) is 5.75 Å². The van der Waals surface area contributed by atoms with Crippen molar-refractivity contribution in [3.05, 3.63) is 59.9 Å². The summed E-state index contributed by atoms with van der Waals surface area (Å²) in [6, 6.07) is 12.8. The highest BCUT2D eigenvalue weighted by Gasteiger charge is 2.60. The number of anilines is 1. The van der Waals surface area contributed by atoms with Crippen molar-refractivity contribution in [1.29, 1.82) is 0 Å². The quantitative estimate of drug-likeness (QED) is 0.604. The van der Waals surface area contributed by atoms with Gasteiger partial charge in [-0.3, -0.25) is 9.98 Å². The van der Waals surface area contributed by atoms with Crippen molar-refractivity contribution < 1.29 is 4.74 Å². The fourth-order valence-electron chi connectivity index (χ4n) is 4.67. The summed E-state index contributed by atoms with van der Waals surface area (Å²) < 4.78 is 6.78. The second-order valence-corrected chi connectivity index (χ2v) is 7.83. The number of hydrogen-bond acceptors (Lipinski definition) is 4. The van der Waals surface area contributed by atoms with Crippen LogP contribution in [-0.4, -0.2) is 24.0 Å². The van der Waals surface area contributed by atoms with Gasteiger partial charge in [0.05, 0.1) is 11.6 Å². The molecule has 4 nitrogen and oxygen atoms in total. The average molecular weight is 357 g/mol. The third kappa shape index (κ3) is 1.93. The van der Waals surface area contributed by atoms with Gasteiger partial charge in [-0.05, 0) is 55.0 Å². The minimum Gasteiger partial charge on any atom is -0.459 e. The topological polar surface area (TPSA) is 37.7 Å². The van der Waals surface area contributed by atoms with Gasteiger partial charge in [0.25, 0.3) is 0 Å². The molecule has 4 heteroatoms. The van der Waals surface area contributed by atoms with Crippen molar-refractivity contribution in [3.63, 3.8) is 0 Å². The summed E-state index contributed by atoms with van der Waals surface area (Å²) >= 11 is 0. The standard InChI is InChI=1S/C23H23N3O/c1-5-22(3)18-8-6-15(2)12-19(18)26(4)23(22)14-25-21-17-13-24-11-10-16(17)7-9-20(21)27-23/h6-14H,5H2,1-4H3. The van der Waals surface area contributed by atoms with Crippen LogP contribution >= 0.6 is 0 Å². The molecule has 0 aliphatic carbocycles. The number of fused-ring (bicyclic) bond motifs is 4. The summed E-state index contributed by atoms with van der Waals surface area (Å²) in [6.07, 6.45) is 6.62. The van der Waals surface area contributed by atoms with E-state index < -0.39 is 5.72 Å². The number of pyridine rings is 1. The molecule has 0 saturated heterocycles. The Morgan fingerprint density at radius 1 is 1.15 bits per heavy atom. The molecule has 0 saturated carbocycles. The molecule has 0 N–H and O–H groups in total. The minimum absolute atomic E-state index is 0.199. The molecule has 0 radical (unpaired) electrons. The fourth-order valence-corrected chi connectivity index (χ4v) is 4.67. The predicted molar refractivity (Wildman–Crippen MR) is 110 cm³/mol. The summed E-state index contributed by atoms with van der Waals surface area (Å²) in [7, 11) is 2.11. The number of hydrogen-bond donors (Lipinski definition) is 0. The number of aliphatic imine (C=N–C) groups is 1. The van der Waals surface area contributed by atoms with E-state index in [2.05, 4.69) is 62.0 Å². The lowest BCUT2D eigenvalue weighted by Crippen LogP contribution is -2.61. The smallest absolute Gasteiger partial charge is 0.228 e. The molecule has 27 heavy (non-hydrogen) atoms. The van der Waals surface area contributed by atoms with Crippen LogP contribution in [0.3, 0.4) is 0 Å². The third-order valence-electron chi connectivity index (χ3n) is 6.50. The Labute approximate surface area is 159 Å². The summed E-state index contributed by atoms with van der Waals surface area (Å²) in [5.74, 6) is 0.814. The highest BCUT2D eigenvalue weighted by Crippen LogP contribution is 2.55. The maximum absolute atomic E-state index is 6.78. The van der Waals surface area contributed by atoms with Gasteiger partial charge in [-0.25, -0.2) is 0 Å². The van der Waals surface area contributed by atoms with E-state index in [0.29, 0.717) is 0 Å². The number of likely N-dealkylation sites (N-methyl/N-ethyl adjacent to an activating group) is 1. The minimum atomic E-state index is -0.638. The molecule has 2 aromatic carbocycles. The molecule has 1 aromatic heterocycles. The number of nitrogens with zero attached hydrogens (tertiary/aromatic N) is 3. The van der Waals surface area contributed by atoms with Gasteiger partial charge in [-0.2, -0.15) is 0 Å². The summed E-state index contributed by atoms with van der Waals surface area (Å²) in [5, 5.41) is 2.14. The molecular formula is C23H23N3O. The monoisotopic (exact) mass is 357 g/mol. The average Bonchev–Trinajstić information content (AvgIpc) is 2.87. The van der Waals surface area contributed by atoms with E-state index in [9.17, 15) is 0 Å². The molecule has 2 atom stereocenters. The number of ether oxygens (including phenoxy) is 1. The Hall–Kier alpha value is -2.88. The molecule has 2 aliphatic rings. The Morgan fingerprint density at radius 3 is 2.81 bits per heavy atom. The van der Waals surface area contributed by atoms with Gasteiger partial charge in [-0.1, -0.05) is 25.1 Å². The van der Waals surface area contributed by atoms with E-state index in [4.69, 9.17) is 9.73 Å². The van der Waals surface area contributed by atoms with Crippen LogP contribution in [0.5, 0.6) is 5.75 Å². The number of rotatable bonds is 1. The zero-order chi connectivity index (χ0) is 18.8. The van der Waals surface area contributed by atoms with Crippen molar-refractivity contribution in [2.75, 3.05) is 11.9 Å². The number of benzene rings is 2. The molecule has 5 rings (SSSR count). The second kappa shape index (κ2) is 5.32. The second-order valence-electron chi connectivity index (χ2n) is 7.83. The Kier molecular flexibility index (Phi) is 3.21. The van der Waals surface area contributed by atoms with E-state index in [1.54, 1.807) is 0 Å². The van der Waals surface area contributed by atoms with Crippen LogP contribution in [0.4, 0.5) is 11.4 Å². The Morgan fingerprint density at radius 2 is 2.00 bits per heavy atom. The normalized spacial score (nSPS) is 25.6. The third-order valence-corrected chi connectivity index (χ3v) is 6.50. The Balaban J connectivity index is 1.73. The number of aryl methyl sites for hydroxylation is 1. The van der Waals surface area contributed by atoms with Gasteiger partial charge in [0.1, 0.15) is 11.4 Å². The van der Waals surface area contributed by atoms with Gasteiger partial charge >= 0.3 is 0 Å². The first kappa shape index (κ1) is 16.3. The molecular weight excluding hydrogens is 334 g/mol. The van der Waals surface area contributed by atoms with Crippen molar-refractivity contribution in [2.45, 2.75) is 38.3 Å². The van der Waals surface area contributed by atoms with Gasteiger partial charge in [0, 0.05) is 30.5 Å². The van der Waals surface area contributed by atoms with E-state index in [1.807, 2.05) is 30.7 Å². The maximum atomic E-state index is 6.78. The van der Waals surface area contributed by atoms with E-state index in [0.717, 1.165) is 28.6 Å². The van der Waals surface area contributed by atoms with Crippen LogP contribution in [0.2, 0.25) is 0 Å². The summed E-state index contributed by atoms with van der Waals surface area (Å²) in [5.41, 5.74) is 3.81. The van der Waals surface area contributed by atoms with Crippen molar-refractivity contribution >= 4 is 28.4 Å². The highest BCUT2D eigenvalue weighted by molar-refractivity contribution is 5.99. The van der Waals surface area contributed by atoms with E-state index >= 15 is 0 Å². The van der Waals surface area contributed by atoms with Gasteiger partial charge < -0.3 is 9.64 Å². The van der Waals surface area contributed by atoms with Crippen molar-refractivity contribution in [1.82, 2.24) is 4.98 Å². The number of aromatic nitrogens is 1. The predicted octanol–water partition coefficient (Wildman–Crippen LogP) is 5.15. The zero-order valence-electron chi connectivity index (χ0n) is 16.2. The lowest BCUT2D eigenvalue weighted by atomic mass is 9.73. The van der Waals surface area contributed by atoms with Crippen LogP contribution in [0, 0.1) is 6.92 Å². The molecule has 3 heterocycles. The van der Waals surface area contributed by atoms with Gasteiger partial charge in [-0.15, -0.1) is 0 Å². The fraction of sp³-hybridized carbons (Fsp3) is 0.304. The largest absolute Gasteiger partial charge is 0.459 e. The van der Waals surface area contributed by atoms with Crippen LogP contribution in [0.1, 0.15) is 31.4 Å². The summed E-state index contributed by atoms with van der Waals surface area (Å²) in [6.45, 7) is 6.64. The van der Waals surface area contributed by atoms with Crippen molar-refractivity contribution in [2.24, 2.45) is 4.99 Å². The molecule has 1 spiro atoms. The first-order valence-corrected chi connectivity index (χ1v) is 9.46. The van der Waals surface area contributed by atoms with E-state index in [1.165, 1.54) is 16.8 Å². The van der Waals surface area contributed by atoms with Crippen LogP contribution < -0.4 is 9.64 Å². The molecule has 2 aliphatic heterocycles. The molecule has 0 bridgehead atoms. The lowest BCUT2D eigenvalue weighted by molar-refractivity contribution is 0.0706. The van der Waals surface area contributed by atoms with E-state index in [-0.39, 0.29) is 5.41 Å². The van der Waals surface area contributed by atoms with Gasteiger partial charge in [0.2, 0.25) is 5.72 Å². The zero-order valence-corrected chi connectivity index (χ0v) is 16.2. The molecule has 2 unspecified atom stereocenters. The molecule has 0 amide bonds. The highest BCUT2D eigenvalue weighted by atomic mass is 16.5. The van der Waals surface area contributed by atoms with Gasteiger partial charge in [0.15, 0.2) is 0 Å². The first-order valence-electron chi connectivity index (χ1n) is 9.46. The molecule has 0 fully saturated rings.